The molecule has 3 heterocycles. The Labute approximate surface area is 200 Å². The minimum atomic E-state index is -0.599. The summed E-state index contributed by atoms with van der Waals surface area (Å²) < 4.78 is 15.8. The fraction of sp³-hybridized carbons (Fsp3) is 0.167. The summed E-state index contributed by atoms with van der Waals surface area (Å²) in [6.45, 7) is 3.03. The number of anilines is 4. The van der Waals surface area contributed by atoms with Crippen LogP contribution in [-0.2, 0) is 0 Å². The average Bonchev–Trinajstić information content (AvgIpc) is 3.33. The van der Waals surface area contributed by atoms with Crippen LogP contribution in [0.5, 0.6) is 0 Å². The van der Waals surface area contributed by atoms with Crippen LogP contribution >= 0.6 is 11.6 Å². The van der Waals surface area contributed by atoms with Gasteiger partial charge in [-0.2, -0.15) is 4.98 Å². The number of nitrogens with one attached hydrogen (secondary N) is 3. The van der Waals surface area contributed by atoms with Crippen molar-refractivity contribution in [3.63, 3.8) is 0 Å². The molecule has 0 atom stereocenters. The number of amidine groups is 1. The Morgan fingerprint density at radius 3 is 2.74 bits per heavy atom. The van der Waals surface area contributed by atoms with Crippen molar-refractivity contribution in [3.8, 4) is 0 Å². The molecule has 0 saturated carbocycles. The third-order valence-corrected chi connectivity index (χ3v) is 5.98. The molecule has 10 heteroatoms. The minimum Gasteiger partial charge on any atom is -0.357 e. The molecule has 2 aromatic carbocycles. The van der Waals surface area contributed by atoms with E-state index in [9.17, 15) is 4.79 Å². The van der Waals surface area contributed by atoms with Crippen LogP contribution in [0.2, 0.25) is 5.02 Å². The predicted molar refractivity (Wildman–Crippen MR) is 134 cm³/mol. The molecule has 0 spiro atoms. The van der Waals surface area contributed by atoms with Crippen molar-refractivity contribution in [3.05, 3.63) is 70.1 Å². The second-order valence-corrected chi connectivity index (χ2v) is 8.22. The van der Waals surface area contributed by atoms with Crippen molar-refractivity contribution < 1.29 is 9.18 Å². The van der Waals surface area contributed by atoms with E-state index < -0.39 is 11.8 Å². The zero-order valence-electron chi connectivity index (χ0n) is 18.5. The molecule has 0 fully saturated rings. The molecule has 34 heavy (non-hydrogen) atoms. The Morgan fingerprint density at radius 2 is 1.94 bits per heavy atom. The van der Waals surface area contributed by atoms with Gasteiger partial charge in [0.05, 0.1) is 22.9 Å². The number of aryl methyl sites for hydroxylation is 1. The van der Waals surface area contributed by atoms with Crippen LogP contribution in [0.3, 0.4) is 0 Å². The average molecular weight is 478 g/mol. The van der Waals surface area contributed by atoms with E-state index in [2.05, 4.69) is 30.9 Å². The van der Waals surface area contributed by atoms with Gasteiger partial charge in [0.15, 0.2) is 5.82 Å². The second kappa shape index (κ2) is 8.75. The molecular formula is C24H21ClFN7O. The maximum Gasteiger partial charge on any atom is 0.323 e. The lowest BCUT2D eigenvalue weighted by atomic mass is 9.94. The number of rotatable bonds is 4. The molecule has 2 amide bonds. The first-order valence-electron chi connectivity index (χ1n) is 10.7. The number of nitrogens with zero attached hydrogens (tertiary/aromatic N) is 4. The zero-order chi connectivity index (χ0) is 23.8. The molecule has 8 nitrogen and oxygen atoms in total. The van der Waals surface area contributed by atoms with Crippen LogP contribution in [0.4, 0.5) is 32.3 Å². The lowest BCUT2D eigenvalue weighted by Gasteiger charge is -2.28. The monoisotopic (exact) mass is 477 g/mol. The summed E-state index contributed by atoms with van der Waals surface area (Å²) in [7, 11) is 1.75. The summed E-state index contributed by atoms with van der Waals surface area (Å²) in [6, 6.07) is 9.53. The fourth-order valence-electron chi connectivity index (χ4n) is 4.05. The number of aliphatic imine (C=N–C) groups is 1. The molecule has 0 aliphatic carbocycles. The van der Waals surface area contributed by atoms with E-state index in [1.54, 1.807) is 43.6 Å². The summed E-state index contributed by atoms with van der Waals surface area (Å²) in [6.07, 6.45) is 3.55. The SMILES string of the molecule is CNc1ncc2c(n1)N1CCN=C1C(c1c(C)ccc(NC(=O)Nc3ccccc3Cl)c1F)=C2. The van der Waals surface area contributed by atoms with Gasteiger partial charge in [0.2, 0.25) is 5.95 Å². The van der Waals surface area contributed by atoms with E-state index in [-0.39, 0.29) is 5.69 Å². The number of benzene rings is 2. The number of carbonyl (C=O) groups excluding carboxylic acids is 1. The molecule has 3 N–H and O–H groups in total. The van der Waals surface area contributed by atoms with Crippen LogP contribution in [-0.4, -0.2) is 42.0 Å². The molecule has 2 aliphatic rings. The smallest absolute Gasteiger partial charge is 0.323 e. The van der Waals surface area contributed by atoms with Crippen molar-refractivity contribution in [2.24, 2.45) is 4.99 Å². The van der Waals surface area contributed by atoms with Crippen LogP contribution < -0.4 is 20.9 Å². The molecule has 3 aromatic rings. The number of fused-ring (bicyclic) bond motifs is 3. The first-order chi connectivity index (χ1) is 16.5. The van der Waals surface area contributed by atoms with Gasteiger partial charge in [-0.3, -0.25) is 4.99 Å². The van der Waals surface area contributed by atoms with E-state index in [4.69, 9.17) is 11.6 Å². The first kappa shape index (κ1) is 21.8. The summed E-state index contributed by atoms with van der Waals surface area (Å²) in [4.78, 5) is 28.0. The molecule has 172 valence electrons. The summed E-state index contributed by atoms with van der Waals surface area (Å²) in [5.74, 6) is 1.32. The number of amides is 2. The lowest BCUT2D eigenvalue weighted by Crippen LogP contribution is -2.33. The number of halogens is 2. The van der Waals surface area contributed by atoms with Crippen LogP contribution in [0.25, 0.3) is 11.6 Å². The van der Waals surface area contributed by atoms with Crippen LogP contribution in [0.1, 0.15) is 16.7 Å². The Morgan fingerprint density at radius 1 is 1.15 bits per heavy atom. The molecule has 0 radical (unpaired) electrons. The van der Waals surface area contributed by atoms with Gasteiger partial charge in [-0.05, 0) is 36.8 Å². The molecule has 1 aromatic heterocycles. The Hall–Kier alpha value is -3.98. The van der Waals surface area contributed by atoms with E-state index in [0.717, 1.165) is 11.4 Å². The summed E-state index contributed by atoms with van der Waals surface area (Å²) in [5.41, 5.74) is 2.94. The Bertz CT molecular complexity index is 1370. The second-order valence-electron chi connectivity index (χ2n) is 7.82. The number of carbonyl (C=O) groups is 1. The molecule has 0 bridgehead atoms. The Balaban J connectivity index is 1.52. The fourth-order valence-corrected chi connectivity index (χ4v) is 4.23. The highest BCUT2D eigenvalue weighted by molar-refractivity contribution is 6.36. The van der Waals surface area contributed by atoms with E-state index in [1.165, 1.54) is 6.07 Å². The van der Waals surface area contributed by atoms with Gasteiger partial charge in [-0.25, -0.2) is 14.2 Å². The number of hydrogen-bond donors (Lipinski definition) is 3. The summed E-state index contributed by atoms with van der Waals surface area (Å²) in [5, 5.41) is 8.56. The molecule has 0 unspecified atom stereocenters. The van der Waals surface area contributed by atoms with Gasteiger partial charge in [-0.1, -0.05) is 29.8 Å². The number of urea groups is 1. The number of para-hydroxylation sites is 1. The molecule has 2 aliphatic heterocycles. The highest BCUT2D eigenvalue weighted by Gasteiger charge is 2.32. The molecule has 0 saturated heterocycles. The van der Waals surface area contributed by atoms with Crippen LogP contribution in [0.15, 0.2) is 47.6 Å². The van der Waals surface area contributed by atoms with Crippen molar-refractivity contribution in [1.29, 1.82) is 0 Å². The largest absolute Gasteiger partial charge is 0.357 e. The van der Waals surface area contributed by atoms with Gasteiger partial charge < -0.3 is 20.9 Å². The minimum absolute atomic E-state index is 0.0452. The highest BCUT2D eigenvalue weighted by Crippen LogP contribution is 2.38. The topological polar surface area (TPSA) is 94.5 Å². The first-order valence-corrected chi connectivity index (χ1v) is 11.0. The third kappa shape index (κ3) is 3.84. The summed E-state index contributed by atoms with van der Waals surface area (Å²) >= 11 is 6.11. The van der Waals surface area contributed by atoms with Gasteiger partial charge in [0.25, 0.3) is 0 Å². The maximum atomic E-state index is 15.8. The molecule has 5 rings (SSSR count). The van der Waals surface area contributed by atoms with Gasteiger partial charge in [0, 0.05) is 36.5 Å². The van der Waals surface area contributed by atoms with Crippen molar-refractivity contribution in [1.82, 2.24) is 9.97 Å². The number of aromatic nitrogens is 2. The maximum absolute atomic E-state index is 15.8. The van der Waals surface area contributed by atoms with Crippen molar-refractivity contribution >= 4 is 58.3 Å². The van der Waals surface area contributed by atoms with E-state index in [1.807, 2.05) is 17.9 Å². The number of hydrogen-bond acceptors (Lipinski definition) is 6. The zero-order valence-corrected chi connectivity index (χ0v) is 19.2. The Kier molecular flexibility index (Phi) is 5.62. The van der Waals surface area contributed by atoms with Crippen molar-refractivity contribution in [2.45, 2.75) is 6.92 Å². The van der Waals surface area contributed by atoms with Gasteiger partial charge >= 0.3 is 6.03 Å². The quantitative estimate of drug-likeness (QED) is 0.489. The lowest BCUT2D eigenvalue weighted by molar-refractivity contribution is 0.262. The predicted octanol–water partition coefficient (Wildman–Crippen LogP) is 5.04. The highest BCUT2D eigenvalue weighted by atomic mass is 35.5. The standard InChI is InChI=1S/C24H21ClFN7O/c1-13-7-8-18(31-24(34)30-17-6-4-3-5-16(17)25)20(26)19(13)15-11-14-12-29-23(27-2)32-21(14)33-10-9-28-22(15)33/h3-8,11-12H,9-10H2,1-2H3,(H,27,29,32)(H2,30,31,34). The van der Waals surface area contributed by atoms with E-state index >= 15 is 4.39 Å². The van der Waals surface area contributed by atoms with Gasteiger partial charge in [-0.15, -0.1) is 0 Å². The van der Waals surface area contributed by atoms with E-state index in [0.29, 0.717) is 52.3 Å². The van der Waals surface area contributed by atoms with Crippen molar-refractivity contribution in [2.75, 3.05) is 41.0 Å². The van der Waals surface area contributed by atoms with Gasteiger partial charge in [0.1, 0.15) is 11.7 Å². The van der Waals surface area contributed by atoms with Crippen LogP contribution in [0, 0.1) is 12.7 Å². The normalized spacial score (nSPS) is 14.1. The molecular weight excluding hydrogens is 457 g/mol. The third-order valence-electron chi connectivity index (χ3n) is 5.65.